The van der Waals surface area contributed by atoms with Gasteiger partial charge in [0.1, 0.15) is 5.76 Å². The van der Waals surface area contributed by atoms with E-state index in [1.54, 1.807) is 39.8 Å². The van der Waals surface area contributed by atoms with Crippen molar-refractivity contribution in [2.24, 2.45) is 11.3 Å². The Hall–Kier alpha value is -1.78. The summed E-state index contributed by atoms with van der Waals surface area (Å²) in [5, 5.41) is 12.0. The first-order valence-corrected chi connectivity index (χ1v) is 6.33. The molecule has 0 saturated heterocycles. The SMILES string of the molecule is CC(C)C(C)(CC(=O)N[C@H](C)c1ccco1)C(=O)O. The zero-order valence-corrected chi connectivity index (χ0v) is 11.8. The highest BCUT2D eigenvalue weighted by molar-refractivity contribution is 5.85. The minimum absolute atomic E-state index is 0.0505. The largest absolute Gasteiger partial charge is 0.481 e. The van der Waals surface area contributed by atoms with Crippen LogP contribution < -0.4 is 5.32 Å². The number of rotatable bonds is 6. The molecule has 0 aromatic carbocycles. The molecule has 5 nitrogen and oxygen atoms in total. The van der Waals surface area contributed by atoms with E-state index in [0.717, 1.165) is 0 Å². The number of carbonyl (C=O) groups is 2. The topological polar surface area (TPSA) is 79.5 Å². The van der Waals surface area contributed by atoms with Crippen molar-refractivity contribution in [3.8, 4) is 0 Å². The minimum atomic E-state index is -1.06. The standard InChI is InChI=1S/C14H21NO4/c1-9(2)14(4,13(17)18)8-12(16)15-10(3)11-6-5-7-19-11/h5-7,9-10H,8H2,1-4H3,(H,15,16)(H,17,18)/t10-,14?/m1/s1. The average molecular weight is 267 g/mol. The maximum absolute atomic E-state index is 12.0. The van der Waals surface area contributed by atoms with E-state index in [0.29, 0.717) is 5.76 Å². The van der Waals surface area contributed by atoms with Crippen molar-refractivity contribution in [1.29, 1.82) is 0 Å². The van der Waals surface area contributed by atoms with E-state index in [1.165, 1.54) is 6.26 Å². The van der Waals surface area contributed by atoms with Gasteiger partial charge in [-0.15, -0.1) is 0 Å². The summed E-state index contributed by atoms with van der Waals surface area (Å²) in [5.74, 6) is -0.726. The molecule has 1 aromatic rings. The summed E-state index contributed by atoms with van der Waals surface area (Å²) in [6, 6.07) is 3.24. The Morgan fingerprint density at radius 3 is 2.47 bits per heavy atom. The number of carboxylic acid groups (broad SMARTS) is 1. The number of nitrogens with one attached hydrogen (secondary N) is 1. The average Bonchev–Trinajstić information content (AvgIpc) is 2.81. The summed E-state index contributed by atoms with van der Waals surface area (Å²) in [6.45, 7) is 7.00. The molecule has 19 heavy (non-hydrogen) atoms. The van der Waals surface area contributed by atoms with E-state index in [2.05, 4.69) is 5.32 Å². The molecule has 0 radical (unpaired) electrons. The Bertz CT molecular complexity index is 438. The number of carboxylic acids is 1. The van der Waals surface area contributed by atoms with Crippen LogP contribution in [0.1, 0.15) is 45.9 Å². The van der Waals surface area contributed by atoms with Crippen LogP contribution in [0.5, 0.6) is 0 Å². The predicted octanol–water partition coefficient (Wildman–Crippen LogP) is 2.59. The van der Waals surface area contributed by atoms with Crippen molar-refractivity contribution >= 4 is 11.9 Å². The number of amides is 1. The molecule has 0 aliphatic carbocycles. The van der Waals surface area contributed by atoms with Gasteiger partial charge in [-0.05, 0) is 31.9 Å². The monoisotopic (exact) mass is 267 g/mol. The van der Waals surface area contributed by atoms with Crippen molar-refractivity contribution in [2.75, 3.05) is 0 Å². The number of hydrogen-bond donors (Lipinski definition) is 2. The molecule has 0 saturated carbocycles. The molecule has 1 amide bonds. The summed E-state index contributed by atoms with van der Waals surface area (Å²) in [4.78, 5) is 23.3. The fourth-order valence-corrected chi connectivity index (χ4v) is 1.76. The highest BCUT2D eigenvalue weighted by atomic mass is 16.4. The Morgan fingerprint density at radius 2 is 2.05 bits per heavy atom. The van der Waals surface area contributed by atoms with Crippen LogP contribution in [0.4, 0.5) is 0 Å². The Labute approximate surface area is 113 Å². The second kappa shape index (κ2) is 5.91. The van der Waals surface area contributed by atoms with E-state index < -0.39 is 11.4 Å². The van der Waals surface area contributed by atoms with Crippen LogP contribution in [0.2, 0.25) is 0 Å². The maximum Gasteiger partial charge on any atom is 0.310 e. The van der Waals surface area contributed by atoms with Crippen LogP contribution >= 0.6 is 0 Å². The second-order valence-electron chi connectivity index (χ2n) is 5.36. The van der Waals surface area contributed by atoms with Crippen molar-refractivity contribution < 1.29 is 19.1 Å². The summed E-state index contributed by atoms with van der Waals surface area (Å²) < 4.78 is 5.19. The van der Waals surface area contributed by atoms with Gasteiger partial charge >= 0.3 is 5.97 Å². The summed E-state index contributed by atoms with van der Waals surface area (Å²) >= 11 is 0. The Morgan fingerprint density at radius 1 is 1.42 bits per heavy atom. The fraction of sp³-hybridized carbons (Fsp3) is 0.571. The summed E-state index contributed by atoms with van der Waals surface area (Å²) in [5.41, 5.74) is -1.06. The zero-order chi connectivity index (χ0) is 14.6. The lowest BCUT2D eigenvalue weighted by atomic mass is 9.76. The highest BCUT2D eigenvalue weighted by Crippen LogP contribution is 2.31. The van der Waals surface area contributed by atoms with Gasteiger partial charge in [-0.25, -0.2) is 0 Å². The van der Waals surface area contributed by atoms with Gasteiger partial charge in [0, 0.05) is 6.42 Å². The van der Waals surface area contributed by atoms with Crippen molar-refractivity contribution in [3.63, 3.8) is 0 Å². The van der Waals surface area contributed by atoms with Crippen molar-refractivity contribution in [1.82, 2.24) is 5.32 Å². The fourth-order valence-electron chi connectivity index (χ4n) is 1.76. The molecule has 5 heteroatoms. The Balaban J connectivity index is 2.66. The molecule has 106 valence electrons. The van der Waals surface area contributed by atoms with E-state index in [9.17, 15) is 14.7 Å². The molecular formula is C14H21NO4. The first kappa shape index (κ1) is 15.3. The third-order valence-corrected chi connectivity index (χ3v) is 3.64. The lowest BCUT2D eigenvalue weighted by Crippen LogP contribution is -2.39. The first-order valence-electron chi connectivity index (χ1n) is 6.33. The molecule has 1 heterocycles. The zero-order valence-electron chi connectivity index (χ0n) is 11.8. The van der Waals surface area contributed by atoms with Gasteiger partial charge in [0.2, 0.25) is 5.91 Å². The van der Waals surface area contributed by atoms with Crippen LogP contribution in [-0.2, 0) is 9.59 Å². The van der Waals surface area contributed by atoms with Gasteiger partial charge in [-0.2, -0.15) is 0 Å². The maximum atomic E-state index is 12.0. The third-order valence-electron chi connectivity index (χ3n) is 3.64. The molecule has 0 spiro atoms. The molecule has 1 aromatic heterocycles. The molecule has 0 aliphatic rings. The van der Waals surface area contributed by atoms with Gasteiger partial charge in [0.05, 0.1) is 17.7 Å². The van der Waals surface area contributed by atoms with Crippen LogP contribution in [0, 0.1) is 11.3 Å². The summed E-state index contributed by atoms with van der Waals surface area (Å²) in [7, 11) is 0. The summed E-state index contributed by atoms with van der Waals surface area (Å²) in [6.07, 6.45) is 1.48. The van der Waals surface area contributed by atoms with Crippen LogP contribution in [0.15, 0.2) is 22.8 Å². The van der Waals surface area contributed by atoms with Gasteiger partial charge < -0.3 is 14.8 Å². The molecule has 0 bridgehead atoms. The van der Waals surface area contributed by atoms with Gasteiger partial charge in [0.25, 0.3) is 0 Å². The van der Waals surface area contributed by atoms with Gasteiger partial charge in [-0.1, -0.05) is 13.8 Å². The third kappa shape index (κ3) is 3.59. The van der Waals surface area contributed by atoms with Crippen molar-refractivity contribution in [2.45, 2.75) is 40.2 Å². The lowest BCUT2D eigenvalue weighted by molar-refractivity contribution is -0.153. The van der Waals surface area contributed by atoms with Crippen LogP contribution in [-0.4, -0.2) is 17.0 Å². The molecule has 1 unspecified atom stereocenters. The first-order chi connectivity index (χ1) is 8.77. The van der Waals surface area contributed by atoms with E-state index in [-0.39, 0.29) is 24.3 Å². The number of hydrogen-bond acceptors (Lipinski definition) is 3. The highest BCUT2D eigenvalue weighted by Gasteiger charge is 2.39. The van der Waals surface area contributed by atoms with E-state index in [1.807, 2.05) is 0 Å². The molecule has 1 rings (SSSR count). The van der Waals surface area contributed by atoms with E-state index >= 15 is 0 Å². The molecule has 0 fully saturated rings. The smallest absolute Gasteiger partial charge is 0.310 e. The predicted molar refractivity (Wildman–Crippen MR) is 70.5 cm³/mol. The van der Waals surface area contributed by atoms with Crippen LogP contribution in [0.25, 0.3) is 0 Å². The molecule has 2 atom stereocenters. The number of aliphatic carboxylic acids is 1. The Kier molecular flexibility index (Phi) is 4.75. The molecule has 2 N–H and O–H groups in total. The second-order valence-corrected chi connectivity index (χ2v) is 5.36. The number of carbonyl (C=O) groups excluding carboxylic acids is 1. The van der Waals surface area contributed by atoms with Gasteiger partial charge in [-0.3, -0.25) is 9.59 Å². The quantitative estimate of drug-likeness (QED) is 0.830. The molecular weight excluding hydrogens is 246 g/mol. The van der Waals surface area contributed by atoms with Gasteiger partial charge in [0.15, 0.2) is 0 Å². The molecule has 0 aliphatic heterocycles. The normalized spacial score (nSPS) is 15.8. The lowest BCUT2D eigenvalue weighted by Gasteiger charge is -2.28. The van der Waals surface area contributed by atoms with E-state index in [4.69, 9.17) is 4.42 Å². The van der Waals surface area contributed by atoms with Crippen molar-refractivity contribution in [3.05, 3.63) is 24.2 Å². The minimum Gasteiger partial charge on any atom is -0.481 e. The van der Waals surface area contributed by atoms with Crippen LogP contribution in [0.3, 0.4) is 0 Å². The number of furan rings is 1.